The Morgan fingerprint density at radius 1 is 1.24 bits per heavy atom. The van der Waals surface area contributed by atoms with Gasteiger partial charge in [-0.25, -0.2) is 4.79 Å². The van der Waals surface area contributed by atoms with Crippen LogP contribution in [0.3, 0.4) is 0 Å². The zero-order valence-corrected chi connectivity index (χ0v) is 13.7. The van der Waals surface area contributed by atoms with Gasteiger partial charge in [0, 0.05) is 10.5 Å². The van der Waals surface area contributed by atoms with Gasteiger partial charge in [0.2, 0.25) is 0 Å². The van der Waals surface area contributed by atoms with Crippen LogP contribution in [0, 0.1) is 5.92 Å². The van der Waals surface area contributed by atoms with E-state index < -0.39 is 5.97 Å². The zero-order chi connectivity index (χ0) is 15.2. The second-order valence-corrected chi connectivity index (χ2v) is 6.43. The number of esters is 1. The highest BCUT2D eigenvalue weighted by Gasteiger charge is 2.23. The highest BCUT2D eigenvalue weighted by Crippen LogP contribution is 2.23. The van der Waals surface area contributed by atoms with Crippen molar-refractivity contribution in [1.82, 2.24) is 5.32 Å². The Morgan fingerprint density at radius 3 is 2.57 bits per heavy atom. The van der Waals surface area contributed by atoms with Crippen LogP contribution in [0.4, 0.5) is 0 Å². The molecular formula is C16H20BrNO3. The van der Waals surface area contributed by atoms with Crippen LogP contribution >= 0.6 is 15.9 Å². The molecule has 1 fully saturated rings. The summed E-state index contributed by atoms with van der Waals surface area (Å²) in [7, 11) is 0. The number of benzene rings is 1. The van der Waals surface area contributed by atoms with Crippen molar-refractivity contribution >= 4 is 27.8 Å². The molecule has 0 spiro atoms. The van der Waals surface area contributed by atoms with Crippen LogP contribution in [0.2, 0.25) is 0 Å². The standard InChI is InChI=1S/C16H20BrNO3/c1-11-4-2-3-5-14(11)18-15(19)10-21-16(20)12-6-8-13(17)9-7-12/h6-9,11,14H,2-5,10H2,1H3,(H,18,19). The molecule has 1 aliphatic carbocycles. The summed E-state index contributed by atoms with van der Waals surface area (Å²) in [6, 6.07) is 7.06. The molecule has 2 unspecified atom stereocenters. The average molecular weight is 354 g/mol. The molecule has 1 N–H and O–H groups in total. The van der Waals surface area contributed by atoms with E-state index in [0.717, 1.165) is 23.7 Å². The lowest BCUT2D eigenvalue weighted by Crippen LogP contribution is -2.42. The van der Waals surface area contributed by atoms with Crippen molar-refractivity contribution in [3.05, 3.63) is 34.3 Å². The van der Waals surface area contributed by atoms with Crippen LogP contribution in [0.15, 0.2) is 28.7 Å². The molecule has 1 aliphatic rings. The molecule has 0 aromatic heterocycles. The van der Waals surface area contributed by atoms with Crippen molar-refractivity contribution in [2.75, 3.05) is 6.61 Å². The smallest absolute Gasteiger partial charge is 0.338 e. The second-order valence-electron chi connectivity index (χ2n) is 5.52. The second kappa shape index (κ2) is 7.59. The number of halogens is 1. The topological polar surface area (TPSA) is 55.4 Å². The molecule has 5 heteroatoms. The van der Waals surface area contributed by atoms with E-state index in [9.17, 15) is 9.59 Å². The van der Waals surface area contributed by atoms with Crippen molar-refractivity contribution in [2.45, 2.75) is 38.6 Å². The molecule has 4 nitrogen and oxygen atoms in total. The molecule has 1 aromatic carbocycles. The third-order valence-electron chi connectivity index (χ3n) is 3.87. The minimum Gasteiger partial charge on any atom is -0.452 e. The van der Waals surface area contributed by atoms with Crippen LogP contribution in [-0.2, 0) is 9.53 Å². The first-order chi connectivity index (χ1) is 10.1. The van der Waals surface area contributed by atoms with Crippen molar-refractivity contribution in [3.8, 4) is 0 Å². The molecule has 2 atom stereocenters. The van der Waals surface area contributed by atoms with Crippen LogP contribution in [0.1, 0.15) is 43.0 Å². The predicted octanol–water partition coefficient (Wildman–Crippen LogP) is 3.30. The Labute approximate surface area is 133 Å². The van der Waals surface area contributed by atoms with Crippen molar-refractivity contribution in [2.24, 2.45) is 5.92 Å². The Hall–Kier alpha value is -1.36. The van der Waals surface area contributed by atoms with E-state index >= 15 is 0 Å². The normalized spacial score (nSPS) is 21.6. The van der Waals surface area contributed by atoms with Gasteiger partial charge in [0.1, 0.15) is 0 Å². The number of nitrogens with one attached hydrogen (secondary N) is 1. The van der Waals surface area contributed by atoms with Gasteiger partial charge < -0.3 is 10.1 Å². The highest BCUT2D eigenvalue weighted by atomic mass is 79.9. The monoisotopic (exact) mass is 353 g/mol. The first-order valence-electron chi connectivity index (χ1n) is 7.28. The van der Waals surface area contributed by atoms with Gasteiger partial charge in [-0.3, -0.25) is 4.79 Å². The van der Waals surface area contributed by atoms with Gasteiger partial charge in [-0.15, -0.1) is 0 Å². The van der Waals surface area contributed by atoms with Gasteiger partial charge in [-0.1, -0.05) is 35.7 Å². The summed E-state index contributed by atoms with van der Waals surface area (Å²) in [4.78, 5) is 23.7. The van der Waals surface area contributed by atoms with E-state index in [4.69, 9.17) is 4.74 Å². The molecule has 114 valence electrons. The number of rotatable bonds is 4. The lowest BCUT2D eigenvalue weighted by Gasteiger charge is -2.29. The summed E-state index contributed by atoms with van der Waals surface area (Å²) in [6.07, 6.45) is 4.53. The van der Waals surface area contributed by atoms with Crippen LogP contribution in [0.25, 0.3) is 0 Å². The van der Waals surface area contributed by atoms with Gasteiger partial charge in [0.05, 0.1) is 5.56 Å². The predicted molar refractivity (Wildman–Crippen MR) is 84.0 cm³/mol. The maximum absolute atomic E-state index is 11.9. The number of hydrogen-bond donors (Lipinski definition) is 1. The molecule has 0 heterocycles. The Bertz CT molecular complexity index is 501. The Kier molecular flexibility index (Phi) is 5.79. The first kappa shape index (κ1) is 16.0. The van der Waals surface area contributed by atoms with E-state index in [2.05, 4.69) is 28.2 Å². The summed E-state index contributed by atoms with van der Waals surface area (Å²) < 4.78 is 5.93. The first-order valence-corrected chi connectivity index (χ1v) is 8.07. The van der Waals surface area contributed by atoms with Gasteiger partial charge in [0.25, 0.3) is 5.91 Å². The van der Waals surface area contributed by atoms with Crippen LogP contribution < -0.4 is 5.32 Å². The van der Waals surface area contributed by atoms with E-state index in [1.165, 1.54) is 6.42 Å². The molecule has 0 bridgehead atoms. The van der Waals surface area contributed by atoms with E-state index in [1.54, 1.807) is 24.3 Å². The maximum atomic E-state index is 11.9. The SMILES string of the molecule is CC1CCCCC1NC(=O)COC(=O)c1ccc(Br)cc1. The van der Waals surface area contributed by atoms with E-state index in [0.29, 0.717) is 11.5 Å². The largest absolute Gasteiger partial charge is 0.452 e. The minimum atomic E-state index is -0.477. The van der Waals surface area contributed by atoms with Crippen molar-refractivity contribution < 1.29 is 14.3 Å². The molecule has 0 aliphatic heterocycles. The van der Waals surface area contributed by atoms with Crippen molar-refractivity contribution in [1.29, 1.82) is 0 Å². The summed E-state index contributed by atoms with van der Waals surface area (Å²) >= 11 is 3.30. The maximum Gasteiger partial charge on any atom is 0.338 e. The third kappa shape index (κ3) is 4.84. The van der Waals surface area contributed by atoms with Gasteiger partial charge in [-0.05, 0) is 43.0 Å². The summed E-state index contributed by atoms with van der Waals surface area (Å²) in [6.45, 7) is 1.93. The van der Waals surface area contributed by atoms with E-state index in [-0.39, 0.29) is 18.6 Å². The number of carbonyl (C=O) groups is 2. The highest BCUT2D eigenvalue weighted by molar-refractivity contribution is 9.10. The lowest BCUT2D eigenvalue weighted by atomic mass is 9.86. The van der Waals surface area contributed by atoms with Gasteiger partial charge >= 0.3 is 5.97 Å². The number of carbonyl (C=O) groups excluding carboxylic acids is 2. The molecule has 1 saturated carbocycles. The number of amides is 1. The summed E-state index contributed by atoms with van der Waals surface area (Å²) in [5.74, 6) is -0.210. The molecule has 0 saturated heterocycles. The Morgan fingerprint density at radius 2 is 1.90 bits per heavy atom. The molecule has 21 heavy (non-hydrogen) atoms. The summed E-state index contributed by atoms with van der Waals surface area (Å²) in [5.41, 5.74) is 0.442. The van der Waals surface area contributed by atoms with Gasteiger partial charge in [0.15, 0.2) is 6.61 Å². The Balaban J connectivity index is 1.78. The van der Waals surface area contributed by atoms with Crippen LogP contribution in [0.5, 0.6) is 0 Å². The average Bonchev–Trinajstić information content (AvgIpc) is 2.48. The molecule has 1 amide bonds. The van der Waals surface area contributed by atoms with Gasteiger partial charge in [-0.2, -0.15) is 0 Å². The molecule has 1 aromatic rings. The fourth-order valence-electron chi connectivity index (χ4n) is 2.58. The van der Waals surface area contributed by atoms with E-state index in [1.807, 2.05) is 0 Å². The number of ether oxygens (including phenoxy) is 1. The fourth-order valence-corrected chi connectivity index (χ4v) is 2.84. The fraction of sp³-hybridized carbons (Fsp3) is 0.500. The molecular weight excluding hydrogens is 334 g/mol. The number of hydrogen-bond acceptors (Lipinski definition) is 3. The van der Waals surface area contributed by atoms with Crippen LogP contribution in [-0.4, -0.2) is 24.5 Å². The lowest BCUT2D eigenvalue weighted by molar-refractivity contribution is -0.125. The minimum absolute atomic E-state index is 0.206. The third-order valence-corrected chi connectivity index (χ3v) is 4.40. The zero-order valence-electron chi connectivity index (χ0n) is 12.1. The molecule has 0 radical (unpaired) electrons. The van der Waals surface area contributed by atoms with Crippen molar-refractivity contribution in [3.63, 3.8) is 0 Å². The quantitative estimate of drug-likeness (QED) is 0.844. The molecule has 2 rings (SSSR count). The summed E-state index contributed by atoms with van der Waals surface area (Å²) in [5, 5.41) is 2.96.